The molecular formula is C29H31Br2Cl5F2N6. The lowest BCUT2D eigenvalue weighted by atomic mass is 10.0. The summed E-state index contributed by atoms with van der Waals surface area (Å²) in [5.74, 6) is -0.457. The Morgan fingerprint density at radius 2 is 1.32 bits per heavy atom. The van der Waals surface area contributed by atoms with Crippen molar-refractivity contribution in [1.29, 1.82) is 0 Å². The first-order valence-corrected chi connectivity index (χ1v) is 17.0. The van der Waals surface area contributed by atoms with Crippen molar-refractivity contribution in [3.63, 3.8) is 0 Å². The van der Waals surface area contributed by atoms with E-state index in [1.807, 2.05) is 0 Å². The Kier molecular flexibility index (Phi) is 14.4. The lowest BCUT2D eigenvalue weighted by Gasteiger charge is -2.35. The van der Waals surface area contributed by atoms with Gasteiger partial charge in [-0.25, -0.2) is 23.7 Å². The van der Waals surface area contributed by atoms with Gasteiger partial charge in [-0.1, -0.05) is 48.7 Å². The van der Waals surface area contributed by atoms with Crippen molar-refractivity contribution >= 4 is 117 Å². The second-order valence-corrected chi connectivity index (χ2v) is 13.7. The molecule has 240 valence electrons. The number of piperidine rings is 2. The quantitative estimate of drug-likeness (QED) is 0.117. The molecule has 0 unspecified atom stereocenters. The summed E-state index contributed by atoms with van der Waals surface area (Å²) < 4.78 is 28.4. The molecule has 2 aliphatic heterocycles. The largest absolute Gasteiger partial charge is 0.353 e. The number of nitrogens with zero attached hydrogens (tertiary/aromatic N) is 5. The fourth-order valence-electron chi connectivity index (χ4n) is 4.90. The first kappa shape index (κ1) is 37.6. The topological polar surface area (TPSA) is 66.8 Å². The van der Waals surface area contributed by atoms with E-state index in [9.17, 15) is 8.78 Å². The number of benzene rings is 2. The van der Waals surface area contributed by atoms with Crippen LogP contribution in [0, 0.1) is 11.6 Å². The molecule has 2 fully saturated rings. The van der Waals surface area contributed by atoms with E-state index >= 15 is 0 Å². The average Bonchev–Trinajstić information content (AvgIpc) is 2.97. The van der Waals surface area contributed by atoms with Gasteiger partial charge in [0.05, 0.1) is 19.0 Å². The van der Waals surface area contributed by atoms with Gasteiger partial charge in [-0.15, -0.1) is 0 Å². The van der Waals surface area contributed by atoms with Crippen LogP contribution in [0.3, 0.4) is 0 Å². The highest BCUT2D eigenvalue weighted by Gasteiger charge is 2.25. The standard InChI is InChI=1S/C14H13BrCl2FN3.C8HBrCl3FN2.C6H13N.CH4/c1-7-4-2-3-5-21(7)13-8-6-9(16)10(15)11(18)12(8)19-14(17)20-13;9-4-3(10)1-2-6(5(4)13)14-8(12)15-7(2)11;1-6-4-2-3-5-7-6;/h6-7H,2-5H2,1H3;1H;6-7H,2-5H2,1H3;1H4/t7-;;6-;/m0.0./s1. The third kappa shape index (κ3) is 8.94. The van der Waals surface area contributed by atoms with Crippen molar-refractivity contribution in [2.75, 3.05) is 18.0 Å². The highest BCUT2D eigenvalue weighted by Crippen LogP contribution is 2.37. The van der Waals surface area contributed by atoms with Crippen molar-refractivity contribution in [3.8, 4) is 0 Å². The van der Waals surface area contributed by atoms with Crippen LogP contribution in [0.1, 0.15) is 59.8 Å². The van der Waals surface area contributed by atoms with Crippen molar-refractivity contribution in [2.45, 2.75) is 71.9 Å². The van der Waals surface area contributed by atoms with E-state index in [2.05, 4.69) is 75.9 Å². The molecule has 1 N–H and O–H groups in total. The second kappa shape index (κ2) is 16.8. The smallest absolute Gasteiger partial charge is 0.225 e. The van der Waals surface area contributed by atoms with Gasteiger partial charge < -0.3 is 10.2 Å². The SMILES string of the molecule is C.C[C@H]1CCCCN1.C[C@H]1CCCCN1c1nc(Cl)nc2c(F)c(Br)c(Cl)cc12.Fc1c(Br)c(Cl)cc2c(Cl)nc(Cl)nc12. The van der Waals surface area contributed by atoms with Crippen LogP contribution in [-0.4, -0.2) is 45.1 Å². The minimum atomic E-state index is -0.608. The van der Waals surface area contributed by atoms with Crippen LogP contribution in [0.5, 0.6) is 0 Å². The predicted octanol–water partition coefficient (Wildman–Crippen LogP) is 11.5. The minimum Gasteiger partial charge on any atom is -0.353 e. The van der Waals surface area contributed by atoms with Crippen LogP contribution in [0.2, 0.25) is 25.8 Å². The van der Waals surface area contributed by atoms with E-state index in [0.717, 1.165) is 25.4 Å². The number of halogens is 9. The third-order valence-corrected chi connectivity index (χ3v) is 10.4. The zero-order valence-corrected chi connectivity index (χ0v) is 30.1. The number of hydrogen-bond acceptors (Lipinski definition) is 6. The van der Waals surface area contributed by atoms with Gasteiger partial charge in [-0.05, 0) is 120 Å². The van der Waals surface area contributed by atoms with Gasteiger partial charge >= 0.3 is 0 Å². The molecule has 0 aliphatic carbocycles. The fraction of sp³-hybridized carbons (Fsp3) is 0.448. The van der Waals surface area contributed by atoms with Gasteiger partial charge in [0, 0.05) is 29.4 Å². The second-order valence-electron chi connectivity index (χ2n) is 10.3. The summed E-state index contributed by atoms with van der Waals surface area (Å²) >= 11 is 35.3. The predicted molar refractivity (Wildman–Crippen MR) is 188 cm³/mol. The summed E-state index contributed by atoms with van der Waals surface area (Å²) in [4.78, 5) is 17.9. The van der Waals surface area contributed by atoms with Crippen LogP contribution < -0.4 is 10.2 Å². The molecule has 0 spiro atoms. The Morgan fingerprint density at radius 1 is 0.773 bits per heavy atom. The molecule has 0 amide bonds. The summed E-state index contributed by atoms with van der Waals surface area (Å²) in [6.07, 6.45) is 7.53. The molecule has 2 aliphatic rings. The molecule has 2 aromatic carbocycles. The zero-order chi connectivity index (χ0) is 31.4. The Bertz CT molecular complexity index is 1630. The number of nitrogens with one attached hydrogen (secondary N) is 1. The lowest BCUT2D eigenvalue weighted by Crippen LogP contribution is -2.38. The highest BCUT2D eigenvalue weighted by molar-refractivity contribution is 9.10. The van der Waals surface area contributed by atoms with Gasteiger partial charge in [0.1, 0.15) is 22.0 Å². The number of aromatic nitrogens is 4. The van der Waals surface area contributed by atoms with Crippen LogP contribution in [-0.2, 0) is 0 Å². The Labute approximate surface area is 297 Å². The molecule has 6 rings (SSSR count). The number of anilines is 1. The van der Waals surface area contributed by atoms with Gasteiger partial charge in [0.2, 0.25) is 10.6 Å². The van der Waals surface area contributed by atoms with Crippen molar-refractivity contribution in [2.24, 2.45) is 0 Å². The van der Waals surface area contributed by atoms with E-state index < -0.39 is 11.6 Å². The molecule has 0 radical (unpaired) electrons. The van der Waals surface area contributed by atoms with Crippen LogP contribution >= 0.6 is 89.9 Å². The molecule has 2 aromatic heterocycles. The Balaban J connectivity index is 0.000000200. The van der Waals surface area contributed by atoms with E-state index in [-0.39, 0.29) is 48.1 Å². The molecule has 2 saturated heterocycles. The monoisotopic (exact) mass is 834 g/mol. The van der Waals surface area contributed by atoms with Gasteiger partial charge in [-0.2, -0.15) is 4.98 Å². The van der Waals surface area contributed by atoms with E-state index in [1.165, 1.54) is 38.3 Å². The fourth-order valence-corrected chi connectivity index (χ4v) is 6.49. The maximum atomic E-state index is 14.4. The number of fused-ring (bicyclic) bond motifs is 2. The van der Waals surface area contributed by atoms with Gasteiger partial charge in [0.15, 0.2) is 11.6 Å². The first-order valence-electron chi connectivity index (χ1n) is 13.6. The number of hydrogen-bond donors (Lipinski definition) is 1. The molecular weight excluding hydrogens is 807 g/mol. The Hall–Kier alpha value is -0.850. The van der Waals surface area contributed by atoms with Gasteiger partial charge in [0.25, 0.3) is 0 Å². The summed E-state index contributed by atoms with van der Waals surface area (Å²) in [6, 6.07) is 4.28. The minimum absolute atomic E-state index is 0. The van der Waals surface area contributed by atoms with E-state index in [0.29, 0.717) is 27.7 Å². The van der Waals surface area contributed by atoms with Crippen LogP contribution in [0.4, 0.5) is 14.6 Å². The zero-order valence-electron chi connectivity index (χ0n) is 23.1. The lowest BCUT2D eigenvalue weighted by molar-refractivity contribution is 0.425. The van der Waals surface area contributed by atoms with Crippen molar-refractivity contribution in [3.05, 3.63) is 58.5 Å². The maximum Gasteiger partial charge on any atom is 0.225 e. The summed E-state index contributed by atoms with van der Waals surface area (Å²) in [5, 5.41) is 4.81. The van der Waals surface area contributed by atoms with Crippen molar-refractivity contribution in [1.82, 2.24) is 25.3 Å². The Morgan fingerprint density at radius 3 is 1.84 bits per heavy atom. The molecule has 44 heavy (non-hydrogen) atoms. The van der Waals surface area contributed by atoms with Crippen molar-refractivity contribution < 1.29 is 8.78 Å². The normalized spacial score (nSPS) is 18.2. The van der Waals surface area contributed by atoms with Crippen LogP contribution in [0.25, 0.3) is 21.8 Å². The summed E-state index contributed by atoms with van der Waals surface area (Å²) in [7, 11) is 0. The maximum absolute atomic E-state index is 14.4. The average molecular weight is 839 g/mol. The van der Waals surface area contributed by atoms with Gasteiger partial charge in [-0.3, -0.25) is 0 Å². The molecule has 0 bridgehead atoms. The summed E-state index contributed by atoms with van der Waals surface area (Å²) in [5.41, 5.74) is 0.232. The third-order valence-electron chi connectivity index (χ3n) is 7.16. The highest BCUT2D eigenvalue weighted by atomic mass is 79.9. The summed E-state index contributed by atoms with van der Waals surface area (Å²) in [6.45, 7) is 6.50. The molecule has 6 nitrogen and oxygen atoms in total. The van der Waals surface area contributed by atoms with E-state index in [1.54, 1.807) is 6.07 Å². The van der Waals surface area contributed by atoms with Crippen LogP contribution in [0.15, 0.2) is 21.1 Å². The molecule has 15 heteroatoms. The molecule has 4 aromatic rings. The van der Waals surface area contributed by atoms with E-state index in [4.69, 9.17) is 58.0 Å². The number of rotatable bonds is 1. The molecule has 0 saturated carbocycles. The molecule has 4 heterocycles. The first-order chi connectivity index (χ1) is 20.4. The molecule has 2 atom stereocenters.